The number of nitrogens with zero attached hydrogens (tertiary/aromatic N) is 2. The second-order valence-corrected chi connectivity index (χ2v) is 4.67. The molecular weight excluding hydrogens is 240 g/mol. The van der Waals surface area contributed by atoms with Crippen molar-refractivity contribution in [3.63, 3.8) is 0 Å². The molecule has 1 amide bonds. The average molecular weight is 254 g/mol. The second-order valence-electron chi connectivity index (χ2n) is 4.67. The lowest BCUT2D eigenvalue weighted by molar-refractivity contribution is -0.118. The first-order valence-corrected chi connectivity index (χ1v) is 6.14. The van der Waals surface area contributed by atoms with E-state index < -0.39 is 0 Å². The minimum Gasteiger partial charge on any atom is -0.325 e. The van der Waals surface area contributed by atoms with Gasteiger partial charge in [-0.05, 0) is 37.1 Å². The van der Waals surface area contributed by atoms with Crippen LogP contribution >= 0.6 is 0 Å². The van der Waals surface area contributed by atoms with E-state index in [0.29, 0.717) is 17.2 Å². The standard InChI is InChI=1S/C14H14N4O/c1-9-4-5-17-13(9)14(19)18-12-3-2-10(7-15)11(6-12)8-16/h2-3,6,9,13,17H,4-5H2,1H3,(H,18,19). The molecular formula is C14H14N4O. The third kappa shape index (κ3) is 2.73. The highest BCUT2D eigenvalue weighted by Crippen LogP contribution is 2.18. The molecule has 0 radical (unpaired) electrons. The molecule has 2 atom stereocenters. The van der Waals surface area contributed by atoms with Crippen molar-refractivity contribution in [3.8, 4) is 12.1 Å². The molecule has 1 aromatic rings. The van der Waals surface area contributed by atoms with E-state index in [-0.39, 0.29) is 17.5 Å². The minimum absolute atomic E-state index is 0.0985. The lowest BCUT2D eigenvalue weighted by Gasteiger charge is -2.15. The summed E-state index contributed by atoms with van der Waals surface area (Å²) in [5, 5.41) is 23.7. The van der Waals surface area contributed by atoms with Crippen molar-refractivity contribution < 1.29 is 4.79 Å². The zero-order valence-electron chi connectivity index (χ0n) is 10.6. The number of carbonyl (C=O) groups is 1. The predicted octanol–water partition coefficient (Wildman–Crippen LogP) is 1.37. The van der Waals surface area contributed by atoms with Crippen LogP contribution in [0.1, 0.15) is 24.5 Å². The van der Waals surface area contributed by atoms with Crippen LogP contribution in [0.2, 0.25) is 0 Å². The van der Waals surface area contributed by atoms with Crippen LogP contribution in [-0.2, 0) is 4.79 Å². The maximum atomic E-state index is 12.1. The first kappa shape index (κ1) is 13.1. The number of hydrogen-bond acceptors (Lipinski definition) is 4. The molecule has 0 saturated carbocycles. The topological polar surface area (TPSA) is 88.7 Å². The Balaban J connectivity index is 2.14. The van der Waals surface area contributed by atoms with Gasteiger partial charge in [-0.2, -0.15) is 10.5 Å². The van der Waals surface area contributed by atoms with Crippen LogP contribution in [0.25, 0.3) is 0 Å². The zero-order valence-corrected chi connectivity index (χ0v) is 10.6. The summed E-state index contributed by atoms with van der Waals surface area (Å²) in [7, 11) is 0. The molecule has 0 bridgehead atoms. The first-order chi connectivity index (χ1) is 9.15. The van der Waals surface area contributed by atoms with Crippen LogP contribution in [0.3, 0.4) is 0 Å². The molecule has 2 unspecified atom stereocenters. The Morgan fingerprint density at radius 3 is 2.68 bits per heavy atom. The van der Waals surface area contributed by atoms with Gasteiger partial charge in [0.1, 0.15) is 12.1 Å². The molecule has 1 saturated heterocycles. The third-order valence-electron chi connectivity index (χ3n) is 3.34. The second kappa shape index (κ2) is 5.51. The molecule has 0 spiro atoms. The molecule has 0 aromatic heterocycles. The van der Waals surface area contributed by atoms with Gasteiger partial charge in [-0.3, -0.25) is 4.79 Å². The van der Waals surface area contributed by atoms with Gasteiger partial charge in [-0.1, -0.05) is 6.92 Å². The molecule has 1 aromatic carbocycles. The van der Waals surface area contributed by atoms with Crippen molar-refractivity contribution in [2.24, 2.45) is 5.92 Å². The van der Waals surface area contributed by atoms with Crippen molar-refractivity contribution in [1.82, 2.24) is 5.32 Å². The predicted molar refractivity (Wildman–Crippen MR) is 70.1 cm³/mol. The van der Waals surface area contributed by atoms with Crippen molar-refractivity contribution in [2.75, 3.05) is 11.9 Å². The Bertz CT molecular complexity index is 582. The Morgan fingerprint density at radius 1 is 1.37 bits per heavy atom. The molecule has 0 aliphatic carbocycles. The molecule has 2 N–H and O–H groups in total. The number of amides is 1. The summed E-state index contributed by atoms with van der Waals surface area (Å²) in [6.07, 6.45) is 0.981. The number of hydrogen-bond donors (Lipinski definition) is 2. The fraction of sp³-hybridized carbons (Fsp3) is 0.357. The smallest absolute Gasteiger partial charge is 0.241 e. The number of rotatable bonds is 2. The molecule has 1 aliphatic heterocycles. The maximum Gasteiger partial charge on any atom is 0.241 e. The van der Waals surface area contributed by atoms with Crippen LogP contribution in [0.4, 0.5) is 5.69 Å². The van der Waals surface area contributed by atoms with Crippen LogP contribution < -0.4 is 10.6 Å². The van der Waals surface area contributed by atoms with Gasteiger partial charge in [0.15, 0.2) is 0 Å². The fourth-order valence-electron chi connectivity index (χ4n) is 2.22. The van der Waals surface area contributed by atoms with Crippen molar-refractivity contribution in [2.45, 2.75) is 19.4 Å². The molecule has 19 heavy (non-hydrogen) atoms. The Hall–Kier alpha value is -2.37. The van der Waals surface area contributed by atoms with Crippen LogP contribution in [-0.4, -0.2) is 18.5 Å². The monoisotopic (exact) mass is 254 g/mol. The molecule has 1 heterocycles. The summed E-state index contributed by atoms with van der Waals surface area (Å²) in [6.45, 7) is 2.87. The van der Waals surface area contributed by atoms with Crippen LogP contribution in [0.5, 0.6) is 0 Å². The molecule has 5 nitrogen and oxygen atoms in total. The highest BCUT2D eigenvalue weighted by atomic mass is 16.2. The number of carbonyl (C=O) groups excluding carboxylic acids is 1. The van der Waals surface area contributed by atoms with Gasteiger partial charge in [-0.25, -0.2) is 0 Å². The SMILES string of the molecule is CC1CCNC1C(=O)Nc1ccc(C#N)c(C#N)c1. The Kier molecular flexibility index (Phi) is 3.79. The van der Waals surface area contributed by atoms with Gasteiger partial charge in [-0.15, -0.1) is 0 Å². The summed E-state index contributed by atoms with van der Waals surface area (Å²) in [5.74, 6) is 0.201. The van der Waals surface area contributed by atoms with Gasteiger partial charge in [0.2, 0.25) is 5.91 Å². The van der Waals surface area contributed by atoms with E-state index in [1.165, 1.54) is 6.07 Å². The van der Waals surface area contributed by atoms with Gasteiger partial charge < -0.3 is 10.6 Å². The highest BCUT2D eigenvalue weighted by molar-refractivity contribution is 5.95. The summed E-state index contributed by atoms with van der Waals surface area (Å²) >= 11 is 0. The quantitative estimate of drug-likeness (QED) is 0.834. The van der Waals surface area contributed by atoms with Gasteiger partial charge in [0.25, 0.3) is 0 Å². The highest BCUT2D eigenvalue weighted by Gasteiger charge is 2.29. The van der Waals surface area contributed by atoms with Crippen molar-refractivity contribution in [1.29, 1.82) is 10.5 Å². The normalized spacial score (nSPS) is 21.4. The molecule has 1 aliphatic rings. The fourth-order valence-corrected chi connectivity index (χ4v) is 2.22. The van der Waals surface area contributed by atoms with Gasteiger partial charge in [0, 0.05) is 5.69 Å². The average Bonchev–Trinajstić information content (AvgIpc) is 2.85. The van der Waals surface area contributed by atoms with Crippen molar-refractivity contribution in [3.05, 3.63) is 29.3 Å². The Morgan fingerprint density at radius 2 is 2.11 bits per heavy atom. The van der Waals surface area contributed by atoms with E-state index in [1.54, 1.807) is 12.1 Å². The lowest BCUT2D eigenvalue weighted by Crippen LogP contribution is -2.39. The molecule has 96 valence electrons. The summed E-state index contributed by atoms with van der Waals surface area (Å²) in [5.41, 5.74) is 1.13. The Labute approximate surface area is 111 Å². The summed E-state index contributed by atoms with van der Waals surface area (Å²) in [6, 6.07) is 8.40. The molecule has 5 heteroatoms. The maximum absolute atomic E-state index is 12.1. The van der Waals surface area contributed by atoms with Crippen LogP contribution in [0.15, 0.2) is 18.2 Å². The first-order valence-electron chi connectivity index (χ1n) is 6.14. The van der Waals surface area contributed by atoms with Gasteiger partial charge >= 0.3 is 0 Å². The van der Waals surface area contributed by atoms with E-state index in [0.717, 1.165) is 13.0 Å². The third-order valence-corrected chi connectivity index (χ3v) is 3.34. The summed E-state index contributed by atoms with van der Waals surface area (Å²) < 4.78 is 0. The van der Waals surface area contributed by atoms with E-state index in [1.807, 2.05) is 19.1 Å². The van der Waals surface area contributed by atoms with E-state index in [4.69, 9.17) is 10.5 Å². The van der Waals surface area contributed by atoms with E-state index in [9.17, 15) is 4.79 Å². The van der Waals surface area contributed by atoms with Crippen LogP contribution in [0, 0.1) is 28.6 Å². The zero-order chi connectivity index (χ0) is 13.8. The number of nitrogens with one attached hydrogen (secondary N) is 2. The number of anilines is 1. The largest absolute Gasteiger partial charge is 0.325 e. The number of benzene rings is 1. The van der Waals surface area contributed by atoms with E-state index >= 15 is 0 Å². The molecule has 2 rings (SSSR count). The lowest BCUT2D eigenvalue weighted by atomic mass is 10.0. The van der Waals surface area contributed by atoms with Gasteiger partial charge in [0.05, 0.1) is 17.2 Å². The summed E-state index contributed by atoms with van der Waals surface area (Å²) in [4.78, 5) is 12.1. The van der Waals surface area contributed by atoms with Crippen molar-refractivity contribution >= 4 is 11.6 Å². The number of nitriles is 2. The van der Waals surface area contributed by atoms with E-state index in [2.05, 4.69) is 10.6 Å². The molecule has 1 fully saturated rings. The minimum atomic E-state index is -0.193.